The quantitative estimate of drug-likeness (QED) is 0.763. The second-order valence-electron chi connectivity index (χ2n) is 4.32. The van der Waals surface area contributed by atoms with E-state index in [1.54, 1.807) is 13.3 Å². The summed E-state index contributed by atoms with van der Waals surface area (Å²) < 4.78 is 5.26. The van der Waals surface area contributed by atoms with Crippen LogP contribution >= 0.6 is 0 Å². The lowest BCUT2D eigenvalue weighted by Crippen LogP contribution is -2.36. The van der Waals surface area contributed by atoms with Crippen molar-refractivity contribution in [2.24, 2.45) is 11.1 Å². The van der Waals surface area contributed by atoms with E-state index >= 15 is 0 Å². The Labute approximate surface area is 104 Å². The van der Waals surface area contributed by atoms with Gasteiger partial charge in [0, 0.05) is 12.7 Å². The number of anilines is 1. The number of rotatable bonds is 7. The number of nitrogens with zero attached hydrogens (tertiary/aromatic N) is 1. The summed E-state index contributed by atoms with van der Waals surface area (Å²) in [5.41, 5.74) is 6.01. The van der Waals surface area contributed by atoms with E-state index in [4.69, 9.17) is 10.5 Å². The van der Waals surface area contributed by atoms with Crippen molar-refractivity contribution >= 4 is 5.82 Å². The molecule has 0 amide bonds. The van der Waals surface area contributed by atoms with Gasteiger partial charge in [-0.2, -0.15) is 0 Å². The van der Waals surface area contributed by atoms with Crippen molar-refractivity contribution in [3.05, 3.63) is 18.3 Å². The Kier molecular flexibility index (Phi) is 5.22. The van der Waals surface area contributed by atoms with Crippen LogP contribution in [-0.2, 0) is 0 Å². The first-order valence-corrected chi connectivity index (χ1v) is 6.14. The molecule has 0 aliphatic rings. The third-order valence-electron chi connectivity index (χ3n) is 3.55. The average Bonchev–Trinajstić information content (AvgIpc) is 2.41. The normalized spacial score (nSPS) is 11.3. The van der Waals surface area contributed by atoms with Gasteiger partial charge in [-0.05, 0) is 36.9 Å². The largest absolute Gasteiger partial charge is 0.493 e. The van der Waals surface area contributed by atoms with E-state index in [-0.39, 0.29) is 5.41 Å². The number of hydrogen-bond donors (Lipinski definition) is 2. The summed E-state index contributed by atoms with van der Waals surface area (Å²) in [6, 6.07) is 3.76. The molecule has 4 nitrogen and oxygen atoms in total. The highest BCUT2D eigenvalue weighted by Gasteiger charge is 2.24. The number of hydrogen-bond acceptors (Lipinski definition) is 4. The number of ether oxygens (including phenoxy) is 1. The van der Waals surface area contributed by atoms with Crippen LogP contribution in [0.2, 0.25) is 0 Å². The predicted molar refractivity (Wildman–Crippen MR) is 71.3 cm³/mol. The second-order valence-corrected chi connectivity index (χ2v) is 4.32. The fourth-order valence-electron chi connectivity index (χ4n) is 1.82. The fraction of sp³-hybridized carbons (Fsp3) is 0.615. The first-order valence-electron chi connectivity index (χ1n) is 6.14. The summed E-state index contributed by atoms with van der Waals surface area (Å²) in [7, 11) is 1.65. The average molecular weight is 237 g/mol. The number of methoxy groups -OCH3 is 1. The summed E-state index contributed by atoms with van der Waals surface area (Å²) >= 11 is 0. The van der Waals surface area contributed by atoms with Gasteiger partial charge in [0.1, 0.15) is 0 Å². The lowest BCUT2D eigenvalue weighted by atomic mass is 9.82. The van der Waals surface area contributed by atoms with Crippen LogP contribution in [0.1, 0.15) is 26.7 Å². The molecule has 1 aromatic heterocycles. The van der Waals surface area contributed by atoms with Crippen LogP contribution in [0.4, 0.5) is 5.82 Å². The van der Waals surface area contributed by atoms with Crippen LogP contribution in [0, 0.1) is 5.41 Å². The van der Waals surface area contributed by atoms with Crippen LogP contribution in [0.15, 0.2) is 18.3 Å². The Hall–Kier alpha value is -1.29. The molecule has 0 unspecified atom stereocenters. The van der Waals surface area contributed by atoms with Crippen molar-refractivity contribution in [1.82, 2.24) is 4.98 Å². The molecular weight excluding hydrogens is 214 g/mol. The number of aromatic nitrogens is 1. The molecule has 3 N–H and O–H groups in total. The minimum atomic E-state index is 0.141. The van der Waals surface area contributed by atoms with Crippen molar-refractivity contribution in [3.8, 4) is 5.75 Å². The molecule has 1 rings (SSSR count). The summed E-state index contributed by atoms with van der Waals surface area (Å²) in [5.74, 6) is 1.56. The van der Waals surface area contributed by atoms with Crippen molar-refractivity contribution in [2.75, 3.05) is 25.5 Å². The highest BCUT2D eigenvalue weighted by molar-refractivity contribution is 5.49. The highest BCUT2D eigenvalue weighted by Crippen LogP contribution is 2.27. The predicted octanol–water partition coefficient (Wildman–Crippen LogP) is 2.27. The standard InChI is InChI=1S/C13H23N3O/c1-4-13(5-2,9-14)10-16-12-11(17-3)7-6-8-15-12/h6-8H,4-5,9-10,14H2,1-3H3,(H,15,16). The molecule has 0 aliphatic heterocycles. The zero-order valence-corrected chi connectivity index (χ0v) is 11.0. The van der Waals surface area contributed by atoms with Gasteiger partial charge < -0.3 is 15.8 Å². The van der Waals surface area contributed by atoms with E-state index in [0.29, 0.717) is 6.54 Å². The van der Waals surface area contributed by atoms with E-state index in [2.05, 4.69) is 24.1 Å². The first-order chi connectivity index (χ1) is 8.21. The van der Waals surface area contributed by atoms with E-state index < -0.39 is 0 Å². The molecule has 0 radical (unpaired) electrons. The SMILES string of the molecule is CCC(CC)(CN)CNc1ncccc1OC. The molecule has 0 fully saturated rings. The zero-order chi connectivity index (χ0) is 12.7. The molecule has 0 saturated carbocycles. The Morgan fingerprint density at radius 2 is 2.12 bits per heavy atom. The van der Waals surface area contributed by atoms with Crippen LogP contribution in [0.25, 0.3) is 0 Å². The van der Waals surface area contributed by atoms with Crippen molar-refractivity contribution in [3.63, 3.8) is 0 Å². The number of pyridine rings is 1. The summed E-state index contributed by atoms with van der Waals surface area (Å²) in [4.78, 5) is 4.28. The second kappa shape index (κ2) is 6.45. The van der Waals surface area contributed by atoms with Crippen LogP contribution < -0.4 is 15.8 Å². The molecule has 96 valence electrons. The van der Waals surface area contributed by atoms with Gasteiger partial charge in [0.25, 0.3) is 0 Å². The highest BCUT2D eigenvalue weighted by atomic mass is 16.5. The van der Waals surface area contributed by atoms with Gasteiger partial charge in [-0.3, -0.25) is 0 Å². The first kappa shape index (κ1) is 13.8. The molecule has 0 atom stereocenters. The van der Waals surface area contributed by atoms with Gasteiger partial charge in [0.05, 0.1) is 7.11 Å². The van der Waals surface area contributed by atoms with Crippen LogP contribution in [0.5, 0.6) is 5.75 Å². The molecule has 4 heteroatoms. The van der Waals surface area contributed by atoms with Gasteiger partial charge >= 0.3 is 0 Å². The molecule has 1 aromatic rings. The molecule has 0 spiro atoms. The summed E-state index contributed by atoms with van der Waals surface area (Å²) in [6.07, 6.45) is 3.87. The molecular formula is C13H23N3O. The van der Waals surface area contributed by atoms with E-state index in [0.717, 1.165) is 31.0 Å². The molecule has 17 heavy (non-hydrogen) atoms. The van der Waals surface area contributed by atoms with E-state index in [9.17, 15) is 0 Å². The molecule has 1 heterocycles. The number of nitrogens with two attached hydrogens (primary N) is 1. The maximum absolute atomic E-state index is 5.87. The maximum atomic E-state index is 5.87. The molecule has 0 saturated heterocycles. The van der Waals surface area contributed by atoms with Crippen LogP contribution in [0.3, 0.4) is 0 Å². The van der Waals surface area contributed by atoms with Gasteiger partial charge in [0.15, 0.2) is 11.6 Å². The van der Waals surface area contributed by atoms with Crippen molar-refractivity contribution in [1.29, 1.82) is 0 Å². The Balaban J connectivity index is 2.71. The van der Waals surface area contributed by atoms with Gasteiger partial charge in [-0.15, -0.1) is 0 Å². The molecule has 0 aliphatic carbocycles. The topological polar surface area (TPSA) is 60.2 Å². The minimum absolute atomic E-state index is 0.141. The zero-order valence-electron chi connectivity index (χ0n) is 11.0. The summed E-state index contributed by atoms with van der Waals surface area (Å²) in [6.45, 7) is 5.85. The maximum Gasteiger partial charge on any atom is 0.168 e. The third-order valence-corrected chi connectivity index (χ3v) is 3.55. The van der Waals surface area contributed by atoms with Gasteiger partial charge in [-0.1, -0.05) is 13.8 Å². The lowest BCUT2D eigenvalue weighted by molar-refractivity contribution is 0.294. The van der Waals surface area contributed by atoms with Gasteiger partial charge in [-0.25, -0.2) is 4.98 Å². The fourth-order valence-corrected chi connectivity index (χ4v) is 1.82. The third kappa shape index (κ3) is 3.33. The van der Waals surface area contributed by atoms with E-state index in [1.165, 1.54) is 0 Å². The van der Waals surface area contributed by atoms with Crippen molar-refractivity contribution < 1.29 is 4.74 Å². The smallest absolute Gasteiger partial charge is 0.168 e. The minimum Gasteiger partial charge on any atom is -0.493 e. The van der Waals surface area contributed by atoms with Crippen molar-refractivity contribution in [2.45, 2.75) is 26.7 Å². The lowest BCUT2D eigenvalue weighted by Gasteiger charge is -2.30. The molecule has 0 aromatic carbocycles. The molecule has 0 bridgehead atoms. The Morgan fingerprint density at radius 3 is 2.65 bits per heavy atom. The monoisotopic (exact) mass is 237 g/mol. The Morgan fingerprint density at radius 1 is 1.41 bits per heavy atom. The van der Waals surface area contributed by atoms with Crippen LogP contribution in [-0.4, -0.2) is 25.2 Å². The number of nitrogens with one attached hydrogen (secondary N) is 1. The Bertz CT molecular complexity index is 329. The van der Waals surface area contributed by atoms with Gasteiger partial charge in [0.2, 0.25) is 0 Å². The van der Waals surface area contributed by atoms with E-state index in [1.807, 2.05) is 12.1 Å². The summed E-state index contributed by atoms with van der Waals surface area (Å²) in [5, 5.41) is 3.34.